The Labute approximate surface area is 264 Å². The Morgan fingerprint density at radius 1 is 0.395 bits per heavy atom. The number of rotatable bonds is 38. The molecule has 0 aromatic rings. The molecular weight excluding hydrogens is 588 g/mol. The molecule has 0 radical (unpaired) electrons. The number of unbranched alkanes of at least 4 members (excludes halogenated alkanes) is 3. The molecule has 0 N–H and O–H groups in total. The summed E-state index contributed by atoms with van der Waals surface area (Å²) in [5.74, 6) is 0.555. The van der Waals surface area contributed by atoms with Gasteiger partial charge in [0.05, 0.1) is 126 Å². The van der Waals surface area contributed by atoms with Crippen LogP contribution in [0.2, 0.25) is 0 Å². The number of hydrogen-bond acceptors (Lipinski definition) is 12. The molecule has 0 amide bonds. The van der Waals surface area contributed by atoms with Crippen molar-refractivity contribution < 1.29 is 56.9 Å². The second-order valence-electron chi connectivity index (χ2n) is 9.20. The second kappa shape index (κ2) is 39.4. The predicted octanol–water partition coefficient (Wildman–Crippen LogP) is 3.29. The SMILES string of the molecule is CCCC(=O)OCCOCCOCCOCCOCCOCCOCCOCCOCCOCCOCCCCCCCl. The lowest BCUT2D eigenvalue weighted by Gasteiger charge is -2.09. The lowest BCUT2D eigenvalue weighted by atomic mass is 10.2. The summed E-state index contributed by atoms with van der Waals surface area (Å²) in [5.41, 5.74) is 0. The molecule has 0 rings (SSSR count). The zero-order valence-corrected chi connectivity index (χ0v) is 27.3. The van der Waals surface area contributed by atoms with E-state index in [2.05, 4.69) is 0 Å². The first-order valence-electron chi connectivity index (χ1n) is 15.8. The Hall–Kier alpha value is -0.640. The fourth-order valence-electron chi connectivity index (χ4n) is 3.22. The monoisotopic (exact) mass is 646 g/mol. The number of halogens is 1. The smallest absolute Gasteiger partial charge is 0.305 e. The van der Waals surface area contributed by atoms with Crippen molar-refractivity contribution in [2.45, 2.75) is 45.4 Å². The molecule has 0 aliphatic carbocycles. The average Bonchev–Trinajstić information content (AvgIpc) is 3.01. The molecule has 0 heterocycles. The highest BCUT2D eigenvalue weighted by atomic mass is 35.5. The molecule has 0 aliphatic heterocycles. The van der Waals surface area contributed by atoms with Gasteiger partial charge in [-0.15, -0.1) is 11.6 Å². The number of hydrogen-bond donors (Lipinski definition) is 0. The van der Waals surface area contributed by atoms with Gasteiger partial charge in [0, 0.05) is 18.9 Å². The molecule has 0 aliphatic rings. The molecule has 0 fully saturated rings. The van der Waals surface area contributed by atoms with Crippen molar-refractivity contribution in [2.24, 2.45) is 0 Å². The van der Waals surface area contributed by atoms with Gasteiger partial charge in [-0.2, -0.15) is 0 Å². The van der Waals surface area contributed by atoms with E-state index in [-0.39, 0.29) is 12.6 Å². The molecule has 258 valence electrons. The summed E-state index contributed by atoms with van der Waals surface area (Å²) in [6, 6.07) is 0. The normalized spacial score (nSPS) is 11.4. The fraction of sp³-hybridized carbons (Fsp3) is 0.967. The molecule has 0 spiro atoms. The molecular formula is C30H59ClO12. The van der Waals surface area contributed by atoms with Gasteiger partial charge in [0.2, 0.25) is 0 Å². The largest absolute Gasteiger partial charge is 0.463 e. The number of esters is 1. The maximum atomic E-state index is 11.2. The van der Waals surface area contributed by atoms with Crippen LogP contribution in [0.15, 0.2) is 0 Å². The minimum Gasteiger partial charge on any atom is -0.463 e. The first-order valence-corrected chi connectivity index (χ1v) is 16.3. The molecule has 12 nitrogen and oxygen atoms in total. The molecule has 0 saturated carbocycles. The van der Waals surface area contributed by atoms with Gasteiger partial charge in [-0.25, -0.2) is 0 Å². The first-order chi connectivity index (χ1) is 21.3. The Kier molecular flexibility index (Phi) is 38.8. The number of carbonyl (C=O) groups is 1. The van der Waals surface area contributed by atoms with E-state index in [1.807, 2.05) is 6.92 Å². The Morgan fingerprint density at radius 2 is 0.674 bits per heavy atom. The van der Waals surface area contributed by atoms with Crippen LogP contribution in [-0.4, -0.2) is 151 Å². The zero-order valence-electron chi connectivity index (χ0n) is 26.6. The van der Waals surface area contributed by atoms with Crippen molar-refractivity contribution in [1.82, 2.24) is 0 Å². The van der Waals surface area contributed by atoms with Gasteiger partial charge in [0.15, 0.2) is 0 Å². The van der Waals surface area contributed by atoms with Crippen LogP contribution < -0.4 is 0 Å². The number of carbonyl (C=O) groups excluding carboxylic acids is 1. The summed E-state index contributed by atoms with van der Waals surface area (Å²) in [5, 5.41) is 0. The molecule has 0 unspecified atom stereocenters. The summed E-state index contributed by atoms with van der Waals surface area (Å²) >= 11 is 5.65. The van der Waals surface area contributed by atoms with Gasteiger partial charge in [0.1, 0.15) is 6.61 Å². The van der Waals surface area contributed by atoms with Crippen molar-refractivity contribution in [3.05, 3.63) is 0 Å². The van der Waals surface area contributed by atoms with E-state index in [4.69, 9.17) is 63.7 Å². The first kappa shape index (κ1) is 42.4. The lowest BCUT2D eigenvalue weighted by Crippen LogP contribution is -2.15. The predicted molar refractivity (Wildman–Crippen MR) is 163 cm³/mol. The van der Waals surface area contributed by atoms with Gasteiger partial charge < -0.3 is 52.1 Å². The van der Waals surface area contributed by atoms with Crippen LogP contribution in [0, 0.1) is 0 Å². The highest BCUT2D eigenvalue weighted by molar-refractivity contribution is 6.17. The average molecular weight is 647 g/mol. The van der Waals surface area contributed by atoms with Gasteiger partial charge in [-0.1, -0.05) is 19.8 Å². The molecule has 0 atom stereocenters. The van der Waals surface area contributed by atoms with E-state index >= 15 is 0 Å². The van der Waals surface area contributed by atoms with E-state index in [1.165, 1.54) is 12.8 Å². The fourth-order valence-corrected chi connectivity index (χ4v) is 3.41. The van der Waals surface area contributed by atoms with Crippen molar-refractivity contribution in [2.75, 3.05) is 145 Å². The summed E-state index contributed by atoms with van der Waals surface area (Å²) in [4.78, 5) is 11.2. The summed E-state index contributed by atoms with van der Waals surface area (Å²) in [6.07, 6.45) is 5.72. The minimum atomic E-state index is -0.187. The van der Waals surface area contributed by atoms with E-state index in [9.17, 15) is 4.79 Å². The Morgan fingerprint density at radius 3 is 0.977 bits per heavy atom. The van der Waals surface area contributed by atoms with E-state index in [1.54, 1.807) is 0 Å². The van der Waals surface area contributed by atoms with Crippen LogP contribution in [0.25, 0.3) is 0 Å². The molecule has 43 heavy (non-hydrogen) atoms. The maximum Gasteiger partial charge on any atom is 0.305 e. The molecule has 0 bridgehead atoms. The van der Waals surface area contributed by atoms with Crippen molar-refractivity contribution >= 4 is 17.6 Å². The van der Waals surface area contributed by atoms with Crippen LogP contribution in [0.3, 0.4) is 0 Å². The van der Waals surface area contributed by atoms with Crippen molar-refractivity contribution in [3.63, 3.8) is 0 Å². The van der Waals surface area contributed by atoms with Gasteiger partial charge >= 0.3 is 5.97 Å². The summed E-state index contributed by atoms with van der Waals surface area (Å²) < 4.78 is 59.5. The topological polar surface area (TPSA) is 119 Å². The molecule has 0 saturated heterocycles. The standard InChI is InChI=1S/C30H59ClO12/c1-2-7-30(32)43-29-28-42-27-26-41-25-24-40-23-22-39-21-20-38-19-18-37-17-16-36-15-14-35-13-12-34-11-10-33-9-6-4-3-5-8-31/h2-29H2,1H3. The number of alkyl halides is 1. The van der Waals surface area contributed by atoms with Crippen molar-refractivity contribution in [1.29, 1.82) is 0 Å². The summed E-state index contributed by atoms with van der Waals surface area (Å²) in [7, 11) is 0. The van der Waals surface area contributed by atoms with Crippen LogP contribution in [0.5, 0.6) is 0 Å². The highest BCUT2D eigenvalue weighted by Crippen LogP contribution is 2.01. The molecule has 0 aromatic carbocycles. The molecule has 0 aromatic heterocycles. The zero-order chi connectivity index (χ0) is 31.2. The van der Waals surface area contributed by atoms with Crippen molar-refractivity contribution in [3.8, 4) is 0 Å². The van der Waals surface area contributed by atoms with E-state index in [0.717, 1.165) is 31.7 Å². The van der Waals surface area contributed by atoms with Gasteiger partial charge in [-0.3, -0.25) is 4.79 Å². The van der Waals surface area contributed by atoms with Crippen LogP contribution >= 0.6 is 11.6 Å². The Balaban J connectivity index is 3.05. The van der Waals surface area contributed by atoms with Gasteiger partial charge in [0.25, 0.3) is 0 Å². The third-order valence-electron chi connectivity index (χ3n) is 5.47. The van der Waals surface area contributed by atoms with Crippen LogP contribution in [0.1, 0.15) is 45.4 Å². The third kappa shape index (κ3) is 39.3. The van der Waals surface area contributed by atoms with E-state index in [0.29, 0.717) is 132 Å². The van der Waals surface area contributed by atoms with Crippen LogP contribution in [0.4, 0.5) is 0 Å². The summed E-state index contributed by atoms with van der Waals surface area (Å²) in [6.45, 7) is 12.7. The highest BCUT2D eigenvalue weighted by Gasteiger charge is 2.00. The third-order valence-corrected chi connectivity index (χ3v) is 5.73. The quantitative estimate of drug-likeness (QED) is 0.0556. The van der Waals surface area contributed by atoms with Gasteiger partial charge in [-0.05, 0) is 19.3 Å². The lowest BCUT2D eigenvalue weighted by molar-refractivity contribution is -0.145. The van der Waals surface area contributed by atoms with Crippen LogP contribution in [-0.2, 0) is 56.9 Å². The Bertz CT molecular complexity index is 533. The molecule has 13 heteroatoms. The number of ether oxygens (including phenoxy) is 11. The van der Waals surface area contributed by atoms with E-state index < -0.39 is 0 Å². The maximum absolute atomic E-state index is 11.2. The minimum absolute atomic E-state index is 0.187. The second-order valence-corrected chi connectivity index (χ2v) is 9.58.